The normalized spacial score (nSPS) is 12.0. The van der Waals surface area contributed by atoms with Crippen LogP contribution in [0, 0.1) is 6.92 Å². The van der Waals surface area contributed by atoms with Crippen LogP contribution in [0.25, 0.3) is 0 Å². The monoisotopic (exact) mass is 166 g/mol. The smallest absolute Gasteiger partial charge is 0.321 e. The number of alkyl halides is 3. The van der Waals surface area contributed by atoms with Crippen molar-refractivity contribution in [2.75, 3.05) is 5.84 Å². The highest BCUT2D eigenvalue weighted by molar-refractivity contribution is 5.11. The molecule has 0 fully saturated rings. The number of halogens is 3. The topological polar surface area (TPSA) is 56.7 Å². The Morgan fingerprint density at radius 2 is 2.00 bits per heavy atom. The Labute approximate surface area is 59.8 Å². The maximum atomic E-state index is 12.0. The van der Waals surface area contributed by atoms with Crippen LogP contribution in [0.3, 0.4) is 0 Å². The zero-order valence-corrected chi connectivity index (χ0v) is 5.55. The van der Waals surface area contributed by atoms with E-state index in [2.05, 4.69) is 10.3 Å². The fraction of sp³-hybridized carbons (Fsp3) is 0.500. The van der Waals surface area contributed by atoms with Gasteiger partial charge in [-0.3, -0.25) is 0 Å². The van der Waals surface area contributed by atoms with Gasteiger partial charge in [-0.05, 0) is 12.1 Å². The molecule has 0 amide bonds. The number of hydrogen-bond donors (Lipinski definition) is 1. The molecule has 1 heterocycles. The number of hydrogen-bond acceptors (Lipinski definition) is 3. The molecule has 0 spiro atoms. The van der Waals surface area contributed by atoms with Crippen molar-refractivity contribution < 1.29 is 13.2 Å². The summed E-state index contributed by atoms with van der Waals surface area (Å²) >= 11 is 0. The molecule has 0 atom stereocenters. The quantitative estimate of drug-likeness (QED) is 0.564. The van der Waals surface area contributed by atoms with Crippen LogP contribution in [0.4, 0.5) is 13.2 Å². The molecule has 0 unspecified atom stereocenters. The van der Waals surface area contributed by atoms with Gasteiger partial charge in [0.2, 0.25) is 0 Å². The molecule has 0 aromatic carbocycles. The largest absolute Gasteiger partial charge is 0.437 e. The summed E-state index contributed by atoms with van der Waals surface area (Å²) in [5.74, 6) is 4.85. The Balaban J connectivity index is 3.21. The predicted molar refractivity (Wildman–Crippen MR) is 29.9 cm³/mol. The van der Waals surface area contributed by atoms with Gasteiger partial charge >= 0.3 is 6.18 Å². The van der Waals surface area contributed by atoms with E-state index in [-0.39, 0.29) is 10.5 Å². The molecule has 0 aliphatic heterocycles. The maximum absolute atomic E-state index is 12.0. The van der Waals surface area contributed by atoms with Crippen LogP contribution in [-0.2, 0) is 6.18 Å². The number of aromatic nitrogens is 3. The van der Waals surface area contributed by atoms with Gasteiger partial charge in [-0.2, -0.15) is 18.0 Å². The van der Waals surface area contributed by atoms with E-state index in [1.54, 1.807) is 0 Å². The van der Waals surface area contributed by atoms with Crippen molar-refractivity contribution in [3.63, 3.8) is 0 Å². The van der Waals surface area contributed by atoms with Gasteiger partial charge < -0.3 is 5.84 Å². The molecule has 0 radical (unpaired) electrons. The van der Waals surface area contributed by atoms with Gasteiger partial charge in [0.1, 0.15) is 0 Å². The van der Waals surface area contributed by atoms with Crippen LogP contribution in [0.2, 0.25) is 0 Å². The van der Waals surface area contributed by atoms with Gasteiger partial charge in [-0.1, -0.05) is 0 Å². The van der Waals surface area contributed by atoms with Crippen LogP contribution in [0.15, 0.2) is 0 Å². The number of nitrogens with zero attached hydrogens (tertiary/aromatic N) is 3. The number of nitrogens with two attached hydrogens (primary N) is 1. The lowest BCUT2D eigenvalue weighted by molar-refractivity contribution is -0.143. The van der Waals surface area contributed by atoms with Crippen LogP contribution in [-0.4, -0.2) is 15.1 Å². The van der Waals surface area contributed by atoms with Gasteiger partial charge in [0.05, 0.1) is 5.69 Å². The summed E-state index contributed by atoms with van der Waals surface area (Å²) < 4.78 is 35.9. The Kier molecular flexibility index (Phi) is 1.50. The van der Waals surface area contributed by atoms with Crippen molar-refractivity contribution in [2.24, 2.45) is 0 Å². The Morgan fingerprint density at radius 1 is 1.45 bits per heavy atom. The standard InChI is InChI=1S/C4H5F3N4/c1-2-3(4(5,6)7)11(8)10-9-2/h8H2,1H3. The van der Waals surface area contributed by atoms with Crippen LogP contribution in [0.5, 0.6) is 0 Å². The van der Waals surface area contributed by atoms with E-state index in [0.717, 1.165) is 0 Å². The van der Waals surface area contributed by atoms with Crippen molar-refractivity contribution in [3.05, 3.63) is 11.4 Å². The second-order valence-corrected chi connectivity index (χ2v) is 1.97. The molecule has 2 N–H and O–H groups in total. The Bertz CT molecular complexity index is 243. The molecule has 0 saturated heterocycles. The molecular formula is C4H5F3N4. The lowest BCUT2D eigenvalue weighted by Gasteiger charge is -2.04. The van der Waals surface area contributed by atoms with Crippen molar-refractivity contribution >= 4 is 0 Å². The van der Waals surface area contributed by atoms with Crippen LogP contribution in [0.1, 0.15) is 11.4 Å². The molecule has 0 aliphatic carbocycles. The maximum Gasteiger partial charge on any atom is 0.437 e. The summed E-state index contributed by atoms with van der Waals surface area (Å²) in [4.78, 5) is 0.218. The van der Waals surface area contributed by atoms with E-state index in [1.807, 2.05) is 0 Å². The molecule has 0 aliphatic rings. The zero-order chi connectivity index (χ0) is 8.65. The summed E-state index contributed by atoms with van der Waals surface area (Å²) in [5, 5.41) is 6.16. The van der Waals surface area contributed by atoms with E-state index in [4.69, 9.17) is 5.84 Å². The third-order valence-corrected chi connectivity index (χ3v) is 1.13. The average Bonchev–Trinajstić information content (AvgIpc) is 2.08. The average molecular weight is 166 g/mol. The molecule has 0 bridgehead atoms. The molecule has 11 heavy (non-hydrogen) atoms. The summed E-state index contributed by atoms with van der Waals surface area (Å²) in [7, 11) is 0. The second-order valence-electron chi connectivity index (χ2n) is 1.97. The molecule has 62 valence electrons. The van der Waals surface area contributed by atoms with Gasteiger partial charge in [-0.25, -0.2) is 0 Å². The summed E-state index contributed by atoms with van der Waals surface area (Å²) in [6.07, 6.45) is -4.48. The molecule has 0 saturated carbocycles. The molecule has 1 aromatic rings. The first-order chi connectivity index (χ1) is 4.93. The van der Waals surface area contributed by atoms with E-state index in [1.165, 1.54) is 6.92 Å². The lowest BCUT2D eigenvalue weighted by Crippen LogP contribution is -2.21. The molecular weight excluding hydrogens is 161 g/mol. The Hall–Kier alpha value is -1.27. The molecule has 1 rings (SSSR count). The number of rotatable bonds is 0. The summed E-state index contributed by atoms with van der Waals surface area (Å²) in [5.41, 5.74) is -1.24. The van der Waals surface area contributed by atoms with Crippen LogP contribution >= 0.6 is 0 Å². The number of nitrogen functional groups attached to an aromatic ring is 1. The van der Waals surface area contributed by atoms with Gasteiger partial charge in [0.15, 0.2) is 5.69 Å². The van der Waals surface area contributed by atoms with E-state index >= 15 is 0 Å². The van der Waals surface area contributed by atoms with Crippen molar-refractivity contribution in [2.45, 2.75) is 13.1 Å². The SMILES string of the molecule is Cc1nnn(N)c1C(F)(F)F. The molecule has 7 heteroatoms. The fourth-order valence-corrected chi connectivity index (χ4v) is 0.708. The van der Waals surface area contributed by atoms with Gasteiger partial charge in [-0.15, -0.1) is 5.10 Å². The van der Waals surface area contributed by atoms with Crippen molar-refractivity contribution in [1.82, 2.24) is 15.1 Å². The zero-order valence-electron chi connectivity index (χ0n) is 5.55. The van der Waals surface area contributed by atoms with Crippen molar-refractivity contribution in [3.8, 4) is 0 Å². The summed E-state index contributed by atoms with van der Waals surface area (Å²) in [6, 6.07) is 0. The van der Waals surface area contributed by atoms with Crippen LogP contribution < -0.4 is 5.84 Å². The van der Waals surface area contributed by atoms with Crippen molar-refractivity contribution in [1.29, 1.82) is 0 Å². The third kappa shape index (κ3) is 1.26. The highest BCUT2D eigenvalue weighted by Crippen LogP contribution is 2.29. The lowest BCUT2D eigenvalue weighted by atomic mass is 10.3. The summed E-state index contributed by atoms with van der Waals surface area (Å²) in [6.45, 7) is 1.19. The minimum Gasteiger partial charge on any atom is -0.321 e. The second kappa shape index (κ2) is 2.11. The minimum absolute atomic E-state index is 0.218. The van der Waals surface area contributed by atoms with Gasteiger partial charge in [0.25, 0.3) is 0 Å². The first kappa shape index (κ1) is 7.83. The highest BCUT2D eigenvalue weighted by atomic mass is 19.4. The van der Waals surface area contributed by atoms with E-state index in [9.17, 15) is 13.2 Å². The fourth-order valence-electron chi connectivity index (χ4n) is 0.708. The number of aryl methyl sites for hydroxylation is 1. The highest BCUT2D eigenvalue weighted by Gasteiger charge is 2.37. The molecule has 4 nitrogen and oxygen atoms in total. The Morgan fingerprint density at radius 3 is 2.18 bits per heavy atom. The van der Waals surface area contributed by atoms with E-state index in [0.29, 0.717) is 0 Å². The molecule has 1 aromatic heterocycles. The first-order valence-corrected chi connectivity index (χ1v) is 2.67. The first-order valence-electron chi connectivity index (χ1n) is 2.67. The predicted octanol–water partition coefficient (Wildman–Crippen LogP) is 0.319. The van der Waals surface area contributed by atoms with Gasteiger partial charge in [0, 0.05) is 0 Å². The minimum atomic E-state index is -4.48. The van der Waals surface area contributed by atoms with E-state index < -0.39 is 11.9 Å². The third-order valence-electron chi connectivity index (χ3n) is 1.13.